The molecule has 0 radical (unpaired) electrons. The predicted octanol–water partition coefficient (Wildman–Crippen LogP) is 5.57. The molecule has 0 heterocycles. The lowest BCUT2D eigenvalue weighted by atomic mass is 10.1. The van der Waals surface area contributed by atoms with Gasteiger partial charge in [0.05, 0.1) is 20.8 Å². The van der Waals surface area contributed by atoms with Crippen LogP contribution in [0.15, 0.2) is 42.5 Å². The minimum atomic E-state index is -0.818. The van der Waals surface area contributed by atoms with Crippen molar-refractivity contribution in [3.8, 4) is 0 Å². The van der Waals surface area contributed by atoms with Crippen LogP contribution in [0.5, 0.6) is 0 Å². The van der Waals surface area contributed by atoms with Gasteiger partial charge in [0.25, 0.3) is 0 Å². The molecule has 1 atom stereocenters. The summed E-state index contributed by atoms with van der Waals surface area (Å²) >= 11 is 23.8. The highest BCUT2D eigenvalue weighted by molar-refractivity contribution is 6.44. The van der Waals surface area contributed by atoms with Crippen molar-refractivity contribution in [3.05, 3.63) is 63.1 Å². The highest BCUT2D eigenvalue weighted by atomic mass is 35.5. The molecule has 0 aliphatic rings. The second kappa shape index (κ2) is 6.68. The number of amides is 1. The lowest BCUT2D eigenvalue weighted by Gasteiger charge is -2.12. The average molecular weight is 349 g/mol. The van der Waals surface area contributed by atoms with E-state index >= 15 is 0 Å². The Kier molecular flexibility index (Phi) is 5.17. The number of hydrogen-bond acceptors (Lipinski definition) is 1. The van der Waals surface area contributed by atoms with E-state index < -0.39 is 11.3 Å². The third-order valence-electron chi connectivity index (χ3n) is 2.59. The van der Waals surface area contributed by atoms with Crippen LogP contribution in [-0.2, 0) is 4.79 Å². The average Bonchev–Trinajstić information content (AvgIpc) is 2.44. The van der Waals surface area contributed by atoms with Crippen LogP contribution in [-0.4, -0.2) is 5.91 Å². The van der Waals surface area contributed by atoms with Crippen molar-refractivity contribution in [2.45, 2.75) is 5.38 Å². The van der Waals surface area contributed by atoms with Crippen LogP contribution in [0.4, 0.5) is 5.69 Å². The van der Waals surface area contributed by atoms with E-state index in [9.17, 15) is 4.79 Å². The van der Waals surface area contributed by atoms with Gasteiger partial charge in [0.2, 0.25) is 5.91 Å². The van der Waals surface area contributed by atoms with E-state index in [0.29, 0.717) is 26.3 Å². The summed E-state index contributed by atoms with van der Waals surface area (Å²) in [6.45, 7) is 0. The number of anilines is 1. The predicted molar refractivity (Wildman–Crippen MR) is 85.1 cm³/mol. The zero-order valence-corrected chi connectivity index (χ0v) is 13.1. The Morgan fingerprint density at radius 1 is 0.950 bits per heavy atom. The van der Waals surface area contributed by atoms with E-state index in [1.807, 2.05) is 18.2 Å². The Morgan fingerprint density at radius 3 is 2.20 bits per heavy atom. The number of carbonyl (C=O) groups is 1. The summed E-state index contributed by atoms with van der Waals surface area (Å²) in [6, 6.07) is 12.0. The zero-order chi connectivity index (χ0) is 14.7. The molecule has 0 saturated carbocycles. The molecule has 0 aliphatic carbocycles. The molecule has 1 N–H and O–H groups in total. The van der Waals surface area contributed by atoms with E-state index in [0.717, 1.165) is 0 Å². The van der Waals surface area contributed by atoms with Crippen LogP contribution in [0.2, 0.25) is 15.1 Å². The van der Waals surface area contributed by atoms with Gasteiger partial charge in [0.1, 0.15) is 5.38 Å². The van der Waals surface area contributed by atoms with Crippen LogP contribution in [0.3, 0.4) is 0 Å². The smallest absolute Gasteiger partial charge is 0.247 e. The van der Waals surface area contributed by atoms with Crippen molar-refractivity contribution in [3.63, 3.8) is 0 Å². The van der Waals surface area contributed by atoms with Gasteiger partial charge in [-0.1, -0.05) is 65.1 Å². The number of hydrogen-bond donors (Lipinski definition) is 1. The van der Waals surface area contributed by atoms with Crippen LogP contribution in [0.25, 0.3) is 0 Å². The molecule has 6 heteroatoms. The van der Waals surface area contributed by atoms with Gasteiger partial charge in [0.15, 0.2) is 0 Å². The van der Waals surface area contributed by atoms with Gasteiger partial charge in [-0.2, -0.15) is 0 Å². The molecule has 20 heavy (non-hydrogen) atoms. The summed E-state index contributed by atoms with van der Waals surface area (Å²) in [7, 11) is 0. The molecule has 2 aromatic carbocycles. The molecule has 0 aliphatic heterocycles. The lowest BCUT2D eigenvalue weighted by Crippen LogP contribution is -2.17. The van der Waals surface area contributed by atoms with Crippen molar-refractivity contribution in [1.82, 2.24) is 0 Å². The molecule has 0 saturated heterocycles. The number of nitrogens with one attached hydrogen (secondary N) is 1. The normalized spacial score (nSPS) is 12.0. The lowest BCUT2D eigenvalue weighted by molar-refractivity contribution is -0.116. The van der Waals surface area contributed by atoms with Crippen molar-refractivity contribution in [1.29, 1.82) is 0 Å². The first-order valence-electron chi connectivity index (χ1n) is 5.63. The number of alkyl halides is 1. The van der Waals surface area contributed by atoms with Gasteiger partial charge in [-0.25, -0.2) is 0 Å². The van der Waals surface area contributed by atoms with Crippen LogP contribution in [0.1, 0.15) is 10.9 Å². The van der Waals surface area contributed by atoms with E-state index in [-0.39, 0.29) is 0 Å². The molecule has 2 rings (SSSR count). The molecule has 2 nitrogen and oxygen atoms in total. The fraction of sp³-hybridized carbons (Fsp3) is 0.0714. The molecule has 0 spiro atoms. The molecule has 2 aromatic rings. The summed E-state index contributed by atoms with van der Waals surface area (Å²) in [5, 5.41) is 2.73. The zero-order valence-electron chi connectivity index (χ0n) is 10.0. The summed E-state index contributed by atoms with van der Waals surface area (Å²) in [5.41, 5.74) is 1.07. The number of halogens is 4. The van der Waals surface area contributed by atoms with E-state index in [4.69, 9.17) is 46.4 Å². The first kappa shape index (κ1) is 15.5. The van der Waals surface area contributed by atoms with Crippen molar-refractivity contribution >= 4 is 58.0 Å². The molecule has 0 aromatic heterocycles. The summed E-state index contributed by atoms with van der Waals surface area (Å²) in [6.07, 6.45) is 0. The van der Waals surface area contributed by atoms with Crippen LogP contribution in [0, 0.1) is 0 Å². The second-order valence-corrected chi connectivity index (χ2v) is 5.67. The minimum absolute atomic E-state index is 0.296. The standard InChI is InChI=1S/C14H9Cl4NO/c15-9-6-11(17)12(7-10(9)16)19-14(20)13(18)8-4-2-1-3-5-8/h1-7,13H,(H,19,20). The Bertz CT molecular complexity index is 631. The van der Waals surface area contributed by atoms with E-state index in [2.05, 4.69) is 5.32 Å². The largest absolute Gasteiger partial charge is 0.323 e. The maximum absolute atomic E-state index is 12.1. The van der Waals surface area contributed by atoms with Gasteiger partial charge < -0.3 is 5.32 Å². The molecular formula is C14H9Cl4NO. The first-order chi connectivity index (χ1) is 9.49. The summed E-state index contributed by atoms with van der Waals surface area (Å²) in [5.74, 6) is -0.391. The topological polar surface area (TPSA) is 29.1 Å². The van der Waals surface area contributed by atoms with Gasteiger partial charge in [-0.05, 0) is 17.7 Å². The fourth-order valence-corrected chi connectivity index (χ4v) is 2.38. The third kappa shape index (κ3) is 3.58. The Hall–Kier alpha value is -0.930. The quantitative estimate of drug-likeness (QED) is 0.570. The Balaban J connectivity index is 2.18. The fourth-order valence-electron chi connectivity index (χ4n) is 1.59. The summed E-state index contributed by atoms with van der Waals surface area (Å²) < 4.78 is 0. The van der Waals surface area contributed by atoms with E-state index in [1.54, 1.807) is 12.1 Å². The summed E-state index contributed by atoms with van der Waals surface area (Å²) in [4.78, 5) is 12.1. The number of carbonyl (C=O) groups excluding carboxylic acids is 1. The van der Waals surface area contributed by atoms with Crippen LogP contribution < -0.4 is 5.32 Å². The molecular weight excluding hydrogens is 340 g/mol. The monoisotopic (exact) mass is 347 g/mol. The maximum Gasteiger partial charge on any atom is 0.247 e. The van der Waals surface area contributed by atoms with Crippen molar-refractivity contribution < 1.29 is 4.79 Å². The van der Waals surface area contributed by atoms with Gasteiger partial charge in [-0.3, -0.25) is 4.79 Å². The SMILES string of the molecule is O=C(Nc1cc(Cl)c(Cl)cc1Cl)C(Cl)c1ccccc1. The Labute approximate surface area is 136 Å². The number of benzene rings is 2. The van der Waals surface area contributed by atoms with Gasteiger partial charge >= 0.3 is 0 Å². The van der Waals surface area contributed by atoms with Gasteiger partial charge in [-0.15, -0.1) is 11.6 Å². The molecule has 0 fully saturated rings. The van der Waals surface area contributed by atoms with Gasteiger partial charge in [0, 0.05) is 0 Å². The molecule has 1 unspecified atom stereocenters. The molecule has 104 valence electrons. The highest BCUT2D eigenvalue weighted by Gasteiger charge is 2.19. The maximum atomic E-state index is 12.1. The highest BCUT2D eigenvalue weighted by Crippen LogP contribution is 2.33. The third-order valence-corrected chi connectivity index (χ3v) is 4.08. The van der Waals surface area contributed by atoms with E-state index in [1.165, 1.54) is 12.1 Å². The first-order valence-corrected chi connectivity index (χ1v) is 7.20. The second-order valence-electron chi connectivity index (χ2n) is 4.01. The van der Waals surface area contributed by atoms with Crippen LogP contribution >= 0.6 is 46.4 Å². The Morgan fingerprint density at radius 2 is 1.55 bits per heavy atom. The number of rotatable bonds is 3. The minimum Gasteiger partial charge on any atom is -0.323 e. The van der Waals surface area contributed by atoms with Crippen molar-refractivity contribution in [2.24, 2.45) is 0 Å². The molecule has 0 bridgehead atoms. The van der Waals surface area contributed by atoms with Crippen molar-refractivity contribution in [2.75, 3.05) is 5.32 Å². The molecule has 1 amide bonds.